The Hall–Kier alpha value is -0.940. The van der Waals surface area contributed by atoms with Crippen molar-refractivity contribution < 1.29 is 4.74 Å². The van der Waals surface area contributed by atoms with Crippen molar-refractivity contribution >= 4 is 0 Å². The van der Waals surface area contributed by atoms with Crippen molar-refractivity contribution in [3.8, 4) is 0 Å². The van der Waals surface area contributed by atoms with Crippen molar-refractivity contribution in [3.63, 3.8) is 0 Å². The fraction of sp³-hybridized carbons (Fsp3) is 0.818. The molecule has 1 aliphatic heterocycles. The maximum atomic E-state index is 5.65. The number of rotatable bonds is 4. The normalized spacial score (nSPS) is 27.9. The molecule has 5 heteroatoms. The predicted octanol–water partition coefficient (Wildman–Crippen LogP) is 1.41. The largest absolute Gasteiger partial charge is 0.378 e. The predicted molar refractivity (Wildman–Crippen MR) is 61.0 cm³/mol. The number of ether oxygens (including phenoxy) is 1. The Morgan fingerprint density at radius 3 is 3.25 bits per heavy atom. The fourth-order valence-electron chi connectivity index (χ4n) is 2.17. The second kappa shape index (κ2) is 5.41. The number of H-pyrrole nitrogens is 1. The summed E-state index contributed by atoms with van der Waals surface area (Å²) in [5, 5.41) is 10.3. The molecule has 0 aliphatic carbocycles. The van der Waals surface area contributed by atoms with Crippen molar-refractivity contribution in [1.82, 2.24) is 20.5 Å². The molecular weight excluding hydrogens is 204 g/mol. The molecule has 2 N–H and O–H groups in total. The van der Waals surface area contributed by atoms with Gasteiger partial charge in [0, 0.05) is 12.6 Å². The Morgan fingerprint density at radius 2 is 2.56 bits per heavy atom. The van der Waals surface area contributed by atoms with E-state index in [9.17, 15) is 0 Å². The number of aromatic nitrogens is 3. The molecule has 1 aliphatic rings. The van der Waals surface area contributed by atoms with E-state index in [-0.39, 0.29) is 6.04 Å². The summed E-state index contributed by atoms with van der Waals surface area (Å²) < 4.78 is 5.65. The number of hydrogen-bond acceptors (Lipinski definition) is 4. The smallest absolute Gasteiger partial charge is 0.141 e. The molecule has 0 aromatic carbocycles. The molecule has 16 heavy (non-hydrogen) atoms. The first kappa shape index (κ1) is 11.5. The van der Waals surface area contributed by atoms with Gasteiger partial charge in [-0.05, 0) is 26.2 Å². The third-order valence-electron chi connectivity index (χ3n) is 3.15. The second-order valence-electron chi connectivity index (χ2n) is 4.38. The van der Waals surface area contributed by atoms with Crippen LogP contribution in [0, 0.1) is 0 Å². The first-order chi connectivity index (χ1) is 7.79. The lowest BCUT2D eigenvalue weighted by Crippen LogP contribution is -2.40. The standard InChI is InChI=1S/C11H20N4O/c1-3-10-6-9(4-5-16-10)14-8(2)11-12-7-13-15-11/h7-10,14H,3-6H2,1-2H3,(H,12,13,15). The highest BCUT2D eigenvalue weighted by Gasteiger charge is 2.23. The molecular formula is C11H20N4O. The van der Waals surface area contributed by atoms with Crippen LogP contribution in [-0.4, -0.2) is 33.9 Å². The van der Waals surface area contributed by atoms with Gasteiger partial charge in [0.1, 0.15) is 12.2 Å². The summed E-state index contributed by atoms with van der Waals surface area (Å²) in [4.78, 5) is 4.16. The lowest BCUT2D eigenvalue weighted by atomic mass is 10.0. The molecule has 1 aromatic heterocycles. The van der Waals surface area contributed by atoms with Gasteiger partial charge in [0.05, 0.1) is 12.1 Å². The minimum absolute atomic E-state index is 0.225. The quantitative estimate of drug-likeness (QED) is 0.811. The average Bonchev–Trinajstić information content (AvgIpc) is 2.83. The molecule has 5 nitrogen and oxygen atoms in total. The fourth-order valence-corrected chi connectivity index (χ4v) is 2.17. The van der Waals surface area contributed by atoms with Crippen molar-refractivity contribution in [2.45, 2.75) is 51.3 Å². The summed E-state index contributed by atoms with van der Waals surface area (Å²) in [7, 11) is 0. The molecule has 0 bridgehead atoms. The van der Waals surface area contributed by atoms with E-state index in [4.69, 9.17) is 4.74 Å². The van der Waals surface area contributed by atoms with Crippen molar-refractivity contribution in [3.05, 3.63) is 12.2 Å². The van der Waals surface area contributed by atoms with Gasteiger partial charge in [-0.25, -0.2) is 4.98 Å². The van der Waals surface area contributed by atoms with Crippen LogP contribution in [0.1, 0.15) is 45.0 Å². The molecule has 1 saturated heterocycles. The number of nitrogens with one attached hydrogen (secondary N) is 2. The first-order valence-corrected chi connectivity index (χ1v) is 6.02. The maximum Gasteiger partial charge on any atom is 0.141 e. The first-order valence-electron chi connectivity index (χ1n) is 6.02. The van der Waals surface area contributed by atoms with Crippen molar-refractivity contribution in [2.75, 3.05) is 6.61 Å². The molecule has 0 radical (unpaired) electrons. The zero-order valence-corrected chi connectivity index (χ0v) is 9.94. The Labute approximate surface area is 96.0 Å². The van der Waals surface area contributed by atoms with Crippen LogP contribution in [-0.2, 0) is 4.74 Å². The summed E-state index contributed by atoms with van der Waals surface area (Å²) in [5.41, 5.74) is 0. The van der Waals surface area contributed by atoms with E-state index >= 15 is 0 Å². The summed E-state index contributed by atoms with van der Waals surface area (Å²) in [6.45, 7) is 5.14. The highest BCUT2D eigenvalue weighted by molar-refractivity contribution is 4.91. The van der Waals surface area contributed by atoms with E-state index in [0.29, 0.717) is 12.1 Å². The van der Waals surface area contributed by atoms with E-state index in [1.165, 1.54) is 0 Å². The second-order valence-corrected chi connectivity index (χ2v) is 4.38. The Bertz CT molecular complexity index is 301. The molecule has 2 rings (SSSR count). The van der Waals surface area contributed by atoms with E-state index in [2.05, 4.69) is 34.3 Å². The van der Waals surface area contributed by atoms with Crippen LogP contribution in [0.4, 0.5) is 0 Å². The summed E-state index contributed by atoms with van der Waals surface area (Å²) >= 11 is 0. The van der Waals surface area contributed by atoms with Crippen LogP contribution in [0.2, 0.25) is 0 Å². The highest BCUT2D eigenvalue weighted by Crippen LogP contribution is 2.18. The van der Waals surface area contributed by atoms with Gasteiger partial charge in [-0.1, -0.05) is 6.92 Å². The summed E-state index contributed by atoms with van der Waals surface area (Å²) in [6, 6.07) is 0.752. The van der Waals surface area contributed by atoms with Crippen LogP contribution < -0.4 is 5.32 Å². The van der Waals surface area contributed by atoms with Gasteiger partial charge in [0.25, 0.3) is 0 Å². The lowest BCUT2D eigenvalue weighted by Gasteiger charge is -2.31. The van der Waals surface area contributed by atoms with Gasteiger partial charge < -0.3 is 10.1 Å². The Balaban J connectivity index is 1.84. The van der Waals surface area contributed by atoms with E-state index in [1.54, 1.807) is 6.33 Å². The van der Waals surface area contributed by atoms with Crippen LogP contribution >= 0.6 is 0 Å². The van der Waals surface area contributed by atoms with Crippen LogP contribution in [0.25, 0.3) is 0 Å². The molecule has 0 spiro atoms. The molecule has 3 atom stereocenters. The molecule has 1 aromatic rings. The maximum absolute atomic E-state index is 5.65. The Kier molecular flexibility index (Phi) is 3.90. The minimum atomic E-state index is 0.225. The molecule has 0 saturated carbocycles. The molecule has 0 amide bonds. The topological polar surface area (TPSA) is 62.8 Å². The molecule has 1 fully saturated rings. The van der Waals surface area contributed by atoms with Gasteiger partial charge in [-0.15, -0.1) is 0 Å². The van der Waals surface area contributed by atoms with Gasteiger partial charge in [0.2, 0.25) is 0 Å². The summed E-state index contributed by atoms with van der Waals surface area (Å²) in [5.74, 6) is 0.902. The highest BCUT2D eigenvalue weighted by atomic mass is 16.5. The van der Waals surface area contributed by atoms with Gasteiger partial charge in [-0.3, -0.25) is 5.10 Å². The SMILES string of the molecule is CCC1CC(NC(C)c2ncn[nH]2)CCO1. The zero-order valence-electron chi connectivity index (χ0n) is 9.94. The number of nitrogens with zero attached hydrogens (tertiary/aromatic N) is 2. The van der Waals surface area contributed by atoms with E-state index in [1.807, 2.05) is 0 Å². The Morgan fingerprint density at radius 1 is 1.69 bits per heavy atom. The monoisotopic (exact) mass is 224 g/mol. The van der Waals surface area contributed by atoms with Crippen molar-refractivity contribution in [1.29, 1.82) is 0 Å². The zero-order chi connectivity index (χ0) is 11.4. The van der Waals surface area contributed by atoms with E-state index in [0.717, 1.165) is 31.7 Å². The van der Waals surface area contributed by atoms with Crippen LogP contribution in [0.3, 0.4) is 0 Å². The van der Waals surface area contributed by atoms with Gasteiger partial charge in [0.15, 0.2) is 0 Å². The average molecular weight is 224 g/mol. The molecule has 2 heterocycles. The van der Waals surface area contributed by atoms with Crippen molar-refractivity contribution in [2.24, 2.45) is 0 Å². The third kappa shape index (κ3) is 2.80. The molecule has 90 valence electrons. The van der Waals surface area contributed by atoms with Crippen LogP contribution in [0.5, 0.6) is 0 Å². The van der Waals surface area contributed by atoms with E-state index < -0.39 is 0 Å². The summed E-state index contributed by atoms with van der Waals surface area (Å²) in [6.07, 6.45) is 5.22. The third-order valence-corrected chi connectivity index (χ3v) is 3.15. The van der Waals surface area contributed by atoms with Crippen LogP contribution in [0.15, 0.2) is 6.33 Å². The number of aromatic amines is 1. The minimum Gasteiger partial charge on any atom is -0.378 e. The molecule has 3 unspecified atom stereocenters. The van der Waals surface area contributed by atoms with Gasteiger partial charge in [-0.2, -0.15) is 5.10 Å². The number of hydrogen-bond donors (Lipinski definition) is 2. The van der Waals surface area contributed by atoms with Gasteiger partial charge >= 0.3 is 0 Å². The lowest BCUT2D eigenvalue weighted by molar-refractivity contribution is -0.00180.